The van der Waals surface area contributed by atoms with Crippen LogP contribution in [0.3, 0.4) is 0 Å². The molecule has 1 rings (SSSR count). The van der Waals surface area contributed by atoms with E-state index in [0.717, 1.165) is 0 Å². The number of hydrogen-bond donors (Lipinski definition) is 1. The fourth-order valence-electron chi connectivity index (χ4n) is 1.67. The highest BCUT2D eigenvalue weighted by atomic mass is 14.9. The Morgan fingerprint density at radius 1 is 1.29 bits per heavy atom. The van der Waals surface area contributed by atoms with Gasteiger partial charge in [-0.25, -0.2) is 0 Å². The lowest BCUT2D eigenvalue weighted by Crippen LogP contribution is -2.09. The molecule has 0 fully saturated rings. The second-order valence-corrected chi connectivity index (χ2v) is 4.19. The van der Waals surface area contributed by atoms with Crippen LogP contribution in [0.5, 0.6) is 0 Å². The summed E-state index contributed by atoms with van der Waals surface area (Å²) in [6.45, 7) is 8.74. The van der Waals surface area contributed by atoms with Crippen LogP contribution < -0.4 is 5.32 Å². The predicted molar refractivity (Wildman–Crippen MR) is 63.9 cm³/mol. The quantitative estimate of drug-likeness (QED) is 0.764. The highest BCUT2D eigenvalue weighted by Crippen LogP contribution is 2.17. The summed E-state index contributed by atoms with van der Waals surface area (Å²) >= 11 is 0. The Morgan fingerprint density at radius 3 is 2.50 bits per heavy atom. The molecular formula is C13H21N. The van der Waals surface area contributed by atoms with Crippen molar-refractivity contribution in [3.63, 3.8) is 0 Å². The molecule has 1 aromatic rings. The zero-order valence-corrected chi connectivity index (χ0v) is 9.72. The maximum atomic E-state index is 3.41. The van der Waals surface area contributed by atoms with Crippen LogP contribution in [0.2, 0.25) is 0 Å². The smallest absolute Gasteiger partial charge is 0.0344 e. The largest absolute Gasteiger partial charge is 0.383 e. The van der Waals surface area contributed by atoms with Gasteiger partial charge >= 0.3 is 0 Å². The molecule has 1 aromatic carbocycles. The van der Waals surface area contributed by atoms with Crippen molar-refractivity contribution in [2.45, 2.75) is 46.6 Å². The fourth-order valence-corrected chi connectivity index (χ4v) is 1.67. The van der Waals surface area contributed by atoms with E-state index in [1.807, 2.05) is 0 Å². The van der Waals surface area contributed by atoms with E-state index in [-0.39, 0.29) is 0 Å². The van der Waals surface area contributed by atoms with E-state index in [1.165, 1.54) is 29.7 Å². The third kappa shape index (κ3) is 3.06. The van der Waals surface area contributed by atoms with Crippen molar-refractivity contribution in [3.8, 4) is 0 Å². The standard InChI is InChI=1S/C13H21N/c1-5-6-12-7-8-13(9-11(12)4)14-10(2)3/h7-10,14H,5-6H2,1-4H3. The molecule has 0 atom stereocenters. The molecule has 0 saturated heterocycles. The maximum absolute atomic E-state index is 3.41. The van der Waals surface area contributed by atoms with Crippen LogP contribution in [0.1, 0.15) is 38.3 Å². The first-order valence-corrected chi connectivity index (χ1v) is 5.49. The predicted octanol–water partition coefficient (Wildman–Crippen LogP) is 3.77. The minimum absolute atomic E-state index is 0.506. The third-order valence-corrected chi connectivity index (χ3v) is 2.32. The first kappa shape index (κ1) is 11.1. The Labute approximate surface area is 87.5 Å². The van der Waals surface area contributed by atoms with Crippen LogP contribution in [0.15, 0.2) is 18.2 Å². The Balaban J connectivity index is 2.78. The molecule has 0 unspecified atom stereocenters. The van der Waals surface area contributed by atoms with Crippen molar-refractivity contribution >= 4 is 5.69 Å². The molecule has 1 heteroatoms. The highest BCUT2D eigenvalue weighted by molar-refractivity contribution is 5.48. The lowest BCUT2D eigenvalue weighted by atomic mass is 10.0. The zero-order valence-electron chi connectivity index (χ0n) is 9.72. The van der Waals surface area contributed by atoms with Gasteiger partial charge in [0.15, 0.2) is 0 Å². The summed E-state index contributed by atoms with van der Waals surface area (Å²) in [7, 11) is 0. The third-order valence-electron chi connectivity index (χ3n) is 2.32. The molecule has 0 amide bonds. The second kappa shape index (κ2) is 5.04. The summed E-state index contributed by atoms with van der Waals surface area (Å²) in [5.74, 6) is 0. The van der Waals surface area contributed by atoms with Gasteiger partial charge in [-0.1, -0.05) is 19.4 Å². The number of nitrogens with one attached hydrogen (secondary N) is 1. The normalized spacial score (nSPS) is 10.6. The molecular weight excluding hydrogens is 170 g/mol. The summed E-state index contributed by atoms with van der Waals surface area (Å²) in [4.78, 5) is 0. The molecule has 1 N–H and O–H groups in total. The summed E-state index contributed by atoms with van der Waals surface area (Å²) in [6, 6.07) is 7.17. The van der Waals surface area contributed by atoms with Gasteiger partial charge in [0.05, 0.1) is 0 Å². The summed E-state index contributed by atoms with van der Waals surface area (Å²) in [5, 5.41) is 3.41. The zero-order chi connectivity index (χ0) is 10.6. The topological polar surface area (TPSA) is 12.0 Å². The number of anilines is 1. The molecule has 0 aliphatic rings. The van der Waals surface area contributed by atoms with Gasteiger partial charge in [0, 0.05) is 11.7 Å². The van der Waals surface area contributed by atoms with E-state index in [4.69, 9.17) is 0 Å². The van der Waals surface area contributed by atoms with Gasteiger partial charge in [-0.3, -0.25) is 0 Å². The molecule has 0 aliphatic heterocycles. The lowest BCUT2D eigenvalue weighted by molar-refractivity contribution is 0.893. The van der Waals surface area contributed by atoms with Crippen LogP contribution in [-0.4, -0.2) is 6.04 Å². The molecule has 14 heavy (non-hydrogen) atoms. The minimum atomic E-state index is 0.506. The maximum Gasteiger partial charge on any atom is 0.0344 e. The van der Waals surface area contributed by atoms with E-state index in [9.17, 15) is 0 Å². The molecule has 0 aromatic heterocycles. The Bertz CT molecular complexity index is 289. The van der Waals surface area contributed by atoms with E-state index in [0.29, 0.717) is 6.04 Å². The van der Waals surface area contributed by atoms with E-state index in [1.54, 1.807) is 0 Å². The molecule has 0 spiro atoms. The van der Waals surface area contributed by atoms with E-state index in [2.05, 4.69) is 51.2 Å². The molecule has 78 valence electrons. The van der Waals surface area contributed by atoms with Crippen molar-refractivity contribution in [1.82, 2.24) is 0 Å². The highest BCUT2D eigenvalue weighted by Gasteiger charge is 2.00. The number of benzene rings is 1. The van der Waals surface area contributed by atoms with Gasteiger partial charge in [0.25, 0.3) is 0 Å². The molecule has 0 saturated carbocycles. The van der Waals surface area contributed by atoms with Crippen molar-refractivity contribution in [2.75, 3.05) is 5.32 Å². The summed E-state index contributed by atoms with van der Waals surface area (Å²) in [6.07, 6.45) is 2.41. The van der Waals surface area contributed by atoms with Crippen molar-refractivity contribution in [3.05, 3.63) is 29.3 Å². The van der Waals surface area contributed by atoms with Crippen LogP contribution in [0, 0.1) is 6.92 Å². The fraction of sp³-hybridized carbons (Fsp3) is 0.538. The van der Waals surface area contributed by atoms with Gasteiger partial charge in [0.2, 0.25) is 0 Å². The summed E-state index contributed by atoms with van der Waals surface area (Å²) in [5.41, 5.74) is 4.11. The van der Waals surface area contributed by atoms with E-state index >= 15 is 0 Å². The van der Waals surface area contributed by atoms with E-state index < -0.39 is 0 Å². The molecule has 0 aliphatic carbocycles. The first-order chi connectivity index (χ1) is 6.63. The molecule has 0 heterocycles. The molecule has 1 nitrogen and oxygen atoms in total. The van der Waals surface area contributed by atoms with Crippen LogP contribution in [0.4, 0.5) is 5.69 Å². The SMILES string of the molecule is CCCc1ccc(NC(C)C)cc1C. The minimum Gasteiger partial charge on any atom is -0.383 e. The average molecular weight is 191 g/mol. The second-order valence-electron chi connectivity index (χ2n) is 4.19. The number of hydrogen-bond acceptors (Lipinski definition) is 1. The number of rotatable bonds is 4. The van der Waals surface area contributed by atoms with Gasteiger partial charge in [0.1, 0.15) is 0 Å². The van der Waals surface area contributed by atoms with Gasteiger partial charge in [-0.05, 0) is 50.5 Å². The van der Waals surface area contributed by atoms with Crippen LogP contribution >= 0.6 is 0 Å². The number of aryl methyl sites for hydroxylation is 2. The van der Waals surface area contributed by atoms with Crippen LogP contribution in [-0.2, 0) is 6.42 Å². The lowest BCUT2D eigenvalue weighted by Gasteiger charge is -2.12. The van der Waals surface area contributed by atoms with Crippen molar-refractivity contribution in [1.29, 1.82) is 0 Å². The van der Waals surface area contributed by atoms with Crippen molar-refractivity contribution in [2.24, 2.45) is 0 Å². The Hall–Kier alpha value is -0.980. The van der Waals surface area contributed by atoms with Crippen molar-refractivity contribution < 1.29 is 0 Å². The van der Waals surface area contributed by atoms with Gasteiger partial charge < -0.3 is 5.32 Å². The average Bonchev–Trinajstić information content (AvgIpc) is 2.09. The molecule has 0 bridgehead atoms. The van der Waals surface area contributed by atoms with Gasteiger partial charge in [-0.2, -0.15) is 0 Å². The monoisotopic (exact) mass is 191 g/mol. The van der Waals surface area contributed by atoms with Crippen LogP contribution in [0.25, 0.3) is 0 Å². The Morgan fingerprint density at radius 2 is 2.00 bits per heavy atom. The first-order valence-electron chi connectivity index (χ1n) is 5.49. The molecule has 0 radical (unpaired) electrons. The summed E-state index contributed by atoms with van der Waals surface area (Å²) < 4.78 is 0. The Kier molecular flexibility index (Phi) is 3.99. The van der Waals surface area contributed by atoms with Gasteiger partial charge in [-0.15, -0.1) is 0 Å².